The van der Waals surface area contributed by atoms with Gasteiger partial charge in [-0.05, 0) is 29.8 Å². The lowest BCUT2D eigenvalue weighted by molar-refractivity contribution is -0.141. The molecule has 0 aliphatic heterocycles. The Kier molecular flexibility index (Phi) is 7.00. The first-order chi connectivity index (χ1) is 19.2. The molecule has 9 nitrogen and oxygen atoms in total. The number of sulfone groups is 1. The molecule has 1 atom stereocenters. The summed E-state index contributed by atoms with van der Waals surface area (Å²) in [6, 6.07) is 8.01. The summed E-state index contributed by atoms with van der Waals surface area (Å²) in [6.45, 7) is 0. The highest BCUT2D eigenvalue weighted by Crippen LogP contribution is 2.43. The Hall–Kier alpha value is -4.07. The lowest BCUT2D eigenvalue weighted by Crippen LogP contribution is -2.31. The van der Waals surface area contributed by atoms with E-state index < -0.39 is 27.3 Å². The highest BCUT2D eigenvalue weighted by molar-refractivity contribution is 7.90. The lowest BCUT2D eigenvalue weighted by Gasteiger charge is -2.30. The van der Waals surface area contributed by atoms with Crippen LogP contribution in [0.3, 0.4) is 0 Å². The Morgan fingerprint density at radius 1 is 1.00 bits per heavy atom. The van der Waals surface area contributed by atoms with E-state index in [2.05, 4.69) is 19.9 Å². The maximum absolute atomic E-state index is 13.2. The van der Waals surface area contributed by atoms with Gasteiger partial charge in [0.15, 0.2) is 15.4 Å². The minimum absolute atomic E-state index is 0.0395. The van der Waals surface area contributed by atoms with Crippen LogP contribution in [0.15, 0.2) is 72.4 Å². The fraction of sp³-hybridized carbons (Fsp3) is 0.185. The van der Waals surface area contributed by atoms with Crippen molar-refractivity contribution >= 4 is 32.3 Å². The number of ether oxygens (including phenoxy) is 1. The van der Waals surface area contributed by atoms with E-state index in [9.17, 15) is 26.7 Å². The molecule has 0 bridgehead atoms. The third-order valence-electron chi connectivity index (χ3n) is 6.59. The summed E-state index contributed by atoms with van der Waals surface area (Å²) in [6.07, 6.45) is 2.80. The van der Waals surface area contributed by atoms with Gasteiger partial charge in [-0.1, -0.05) is 23.7 Å². The van der Waals surface area contributed by atoms with Gasteiger partial charge in [0.25, 0.3) is 0 Å². The number of aliphatic hydroxyl groups is 1. The maximum atomic E-state index is 13.2. The van der Waals surface area contributed by atoms with Crippen LogP contribution < -0.4 is 4.74 Å². The average Bonchev–Trinajstić information content (AvgIpc) is 3.37. The Morgan fingerprint density at radius 2 is 1.73 bits per heavy atom. The molecule has 4 heterocycles. The fourth-order valence-corrected chi connectivity index (χ4v) is 5.46. The van der Waals surface area contributed by atoms with Gasteiger partial charge in [-0.25, -0.2) is 18.4 Å². The Bertz CT molecular complexity index is 1900. The van der Waals surface area contributed by atoms with E-state index >= 15 is 0 Å². The largest absolute Gasteiger partial charge is 0.480 e. The van der Waals surface area contributed by atoms with Gasteiger partial charge < -0.3 is 14.4 Å². The molecule has 5 rings (SSSR count). The summed E-state index contributed by atoms with van der Waals surface area (Å²) in [7, 11) is -0.577. The summed E-state index contributed by atoms with van der Waals surface area (Å²) < 4.78 is 70.9. The Balaban J connectivity index is 1.76. The van der Waals surface area contributed by atoms with Crippen LogP contribution in [-0.4, -0.2) is 51.4 Å². The van der Waals surface area contributed by atoms with Gasteiger partial charge in [0, 0.05) is 48.4 Å². The number of rotatable bonds is 6. The zero-order valence-corrected chi connectivity index (χ0v) is 23.3. The molecule has 0 radical (unpaired) electrons. The van der Waals surface area contributed by atoms with Gasteiger partial charge in [-0.2, -0.15) is 13.2 Å². The number of aryl methyl sites for hydroxylation is 1. The topological polar surface area (TPSA) is 120 Å². The van der Waals surface area contributed by atoms with E-state index in [0.717, 1.165) is 24.6 Å². The summed E-state index contributed by atoms with van der Waals surface area (Å²) in [5.74, 6) is 0.108. The van der Waals surface area contributed by atoms with Crippen molar-refractivity contribution in [2.45, 2.75) is 16.7 Å². The van der Waals surface area contributed by atoms with E-state index in [1.54, 1.807) is 25.2 Å². The van der Waals surface area contributed by atoms with Gasteiger partial charge in [0.2, 0.25) is 5.88 Å². The van der Waals surface area contributed by atoms with Crippen LogP contribution >= 0.6 is 11.6 Å². The third-order valence-corrected chi connectivity index (χ3v) is 8.06. The molecule has 1 aromatic carbocycles. The molecule has 0 saturated carbocycles. The molecule has 1 unspecified atom stereocenters. The summed E-state index contributed by atoms with van der Waals surface area (Å²) >= 11 is 6.89. The lowest BCUT2D eigenvalue weighted by atomic mass is 9.83. The standard InChI is InChI=1S/C27H21ClF3N5O4S/c1-36-14-33-13-22(36)26(37,17-5-7-21(34-11-17)27(29,30)31)16-4-6-20-19(9-16)24(28)23(25(35-20)40-2)15-8-18(12-32-10-15)41(3,38)39/h4-14,37H,1-3H3. The zero-order valence-electron chi connectivity index (χ0n) is 21.7. The van der Waals surface area contributed by atoms with Crippen molar-refractivity contribution in [2.24, 2.45) is 7.05 Å². The summed E-state index contributed by atoms with van der Waals surface area (Å²) in [4.78, 5) is 16.1. The van der Waals surface area contributed by atoms with Crippen molar-refractivity contribution < 1.29 is 31.4 Å². The molecule has 4 aromatic heterocycles. The van der Waals surface area contributed by atoms with E-state index in [1.165, 1.54) is 42.7 Å². The van der Waals surface area contributed by atoms with Crippen molar-refractivity contribution in [1.82, 2.24) is 24.5 Å². The van der Waals surface area contributed by atoms with Crippen LogP contribution in [0.5, 0.6) is 5.88 Å². The molecule has 0 saturated heterocycles. The smallest absolute Gasteiger partial charge is 0.433 e. The predicted molar refractivity (Wildman–Crippen MR) is 144 cm³/mol. The fourth-order valence-electron chi connectivity index (χ4n) is 4.53. The van der Waals surface area contributed by atoms with Gasteiger partial charge in [0.1, 0.15) is 5.69 Å². The van der Waals surface area contributed by atoms with Gasteiger partial charge in [-0.15, -0.1) is 0 Å². The molecule has 14 heteroatoms. The molecular weight excluding hydrogens is 583 g/mol. The second kappa shape index (κ2) is 10.1. The minimum atomic E-state index is -4.66. The van der Waals surface area contributed by atoms with Crippen molar-refractivity contribution in [3.05, 3.63) is 95.1 Å². The number of pyridine rings is 3. The van der Waals surface area contributed by atoms with Gasteiger partial charge >= 0.3 is 6.18 Å². The van der Waals surface area contributed by atoms with Crippen LogP contribution in [0.4, 0.5) is 13.2 Å². The number of imidazole rings is 1. The minimum Gasteiger partial charge on any atom is -0.480 e. The molecule has 1 N–H and O–H groups in total. The Morgan fingerprint density at radius 3 is 2.32 bits per heavy atom. The Labute approximate surface area is 237 Å². The highest BCUT2D eigenvalue weighted by Gasteiger charge is 2.39. The molecule has 0 aliphatic rings. The van der Waals surface area contributed by atoms with Crippen molar-refractivity contribution in [3.8, 4) is 17.0 Å². The third kappa shape index (κ3) is 5.00. The first-order valence-electron chi connectivity index (χ1n) is 11.8. The molecule has 5 aromatic rings. The van der Waals surface area contributed by atoms with Crippen molar-refractivity contribution in [2.75, 3.05) is 13.4 Å². The number of aromatic nitrogens is 5. The van der Waals surface area contributed by atoms with E-state index in [0.29, 0.717) is 16.5 Å². The van der Waals surface area contributed by atoms with E-state index in [-0.39, 0.29) is 38.2 Å². The molecule has 0 amide bonds. The predicted octanol–water partition coefficient (Wildman–Crippen LogP) is 4.79. The van der Waals surface area contributed by atoms with Gasteiger partial charge in [0.05, 0.1) is 46.3 Å². The van der Waals surface area contributed by atoms with Crippen molar-refractivity contribution in [3.63, 3.8) is 0 Å². The van der Waals surface area contributed by atoms with Crippen LogP contribution in [-0.2, 0) is 28.7 Å². The molecule has 212 valence electrons. The quantitative estimate of drug-likeness (QED) is 0.294. The zero-order chi connectivity index (χ0) is 29.7. The highest BCUT2D eigenvalue weighted by atomic mass is 35.5. The number of methoxy groups -OCH3 is 1. The van der Waals surface area contributed by atoms with E-state index in [4.69, 9.17) is 16.3 Å². The monoisotopic (exact) mass is 603 g/mol. The number of hydrogen-bond acceptors (Lipinski definition) is 8. The molecule has 0 spiro atoms. The van der Waals surface area contributed by atoms with Crippen molar-refractivity contribution in [1.29, 1.82) is 0 Å². The SMILES string of the molecule is COc1nc2ccc(C(O)(c3ccc(C(F)(F)F)nc3)c3cncn3C)cc2c(Cl)c1-c1cncc(S(C)(=O)=O)c1. The second-order valence-corrected chi connectivity index (χ2v) is 11.6. The number of hydrogen-bond donors (Lipinski definition) is 1. The van der Waals surface area contributed by atoms with Crippen LogP contribution in [0.2, 0.25) is 5.02 Å². The molecular formula is C27H21ClF3N5O4S. The summed E-state index contributed by atoms with van der Waals surface area (Å²) in [5, 5.41) is 12.7. The first kappa shape index (κ1) is 28.5. The van der Waals surface area contributed by atoms with E-state index in [1.807, 2.05) is 0 Å². The number of halogens is 4. The van der Waals surface area contributed by atoms with Crippen LogP contribution in [0.25, 0.3) is 22.0 Å². The number of benzene rings is 1. The molecule has 0 aliphatic carbocycles. The van der Waals surface area contributed by atoms with Crippen LogP contribution in [0.1, 0.15) is 22.5 Å². The van der Waals surface area contributed by atoms with Gasteiger partial charge in [-0.3, -0.25) is 9.97 Å². The number of alkyl halides is 3. The first-order valence-corrected chi connectivity index (χ1v) is 14.1. The maximum Gasteiger partial charge on any atom is 0.433 e. The number of nitrogens with zero attached hydrogens (tertiary/aromatic N) is 5. The summed E-state index contributed by atoms with van der Waals surface area (Å²) in [5.41, 5.74) is -1.61. The number of fused-ring (bicyclic) bond motifs is 1. The second-order valence-electron chi connectivity index (χ2n) is 9.25. The van der Waals surface area contributed by atoms with Crippen LogP contribution in [0, 0.1) is 0 Å². The average molecular weight is 604 g/mol. The molecule has 41 heavy (non-hydrogen) atoms. The molecule has 0 fully saturated rings. The normalized spacial score (nSPS) is 13.8.